The van der Waals surface area contributed by atoms with Gasteiger partial charge in [-0.2, -0.15) is 9.50 Å². The number of aromatic nitrogens is 5. The van der Waals surface area contributed by atoms with Gasteiger partial charge >= 0.3 is 0 Å². The molecule has 0 bridgehead atoms. The Kier molecular flexibility index (Phi) is 3.56. The van der Waals surface area contributed by atoms with Crippen LogP contribution in [-0.2, 0) is 13.0 Å². The summed E-state index contributed by atoms with van der Waals surface area (Å²) >= 11 is 0. The molecule has 0 saturated carbocycles. The predicted molar refractivity (Wildman–Crippen MR) is 98.5 cm³/mol. The Morgan fingerprint density at radius 1 is 1.15 bits per heavy atom. The zero-order chi connectivity index (χ0) is 18.4. The molecule has 8 nitrogen and oxygen atoms in total. The van der Waals surface area contributed by atoms with Gasteiger partial charge in [0, 0.05) is 18.8 Å². The van der Waals surface area contributed by atoms with Gasteiger partial charge in [0.15, 0.2) is 17.3 Å². The zero-order valence-electron chi connectivity index (χ0n) is 14.8. The van der Waals surface area contributed by atoms with Gasteiger partial charge in [-0.05, 0) is 23.8 Å². The molecule has 1 aromatic carbocycles. The molecule has 0 atom stereocenters. The van der Waals surface area contributed by atoms with Crippen molar-refractivity contribution >= 4 is 16.7 Å². The van der Waals surface area contributed by atoms with Crippen LogP contribution in [0.1, 0.15) is 18.3 Å². The van der Waals surface area contributed by atoms with Crippen LogP contribution in [0, 0.1) is 0 Å². The van der Waals surface area contributed by atoms with Crippen molar-refractivity contribution in [3.63, 3.8) is 0 Å². The maximum atomic E-state index is 12.9. The first-order valence-corrected chi connectivity index (χ1v) is 8.85. The summed E-state index contributed by atoms with van der Waals surface area (Å²) in [5, 5.41) is 4.94. The van der Waals surface area contributed by atoms with Crippen molar-refractivity contribution in [1.29, 1.82) is 0 Å². The zero-order valence-corrected chi connectivity index (χ0v) is 14.8. The van der Waals surface area contributed by atoms with Crippen molar-refractivity contribution in [3.8, 4) is 11.5 Å². The molecule has 4 heterocycles. The van der Waals surface area contributed by atoms with Crippen LogP contribution in [0.3, 0.4) is 0 Å². The molecular formula is C19H17N5O3. The highest BCUT2D eigenvalue weighted by Gasteiger charge is 2.14. The lowest BCUT2D eigenvalue weighted by atomic mass is 10.2. The summed E-state index contributed by atoms with van der Waals surface area (Å²) < 4.78 is 14.4. The summed E-state index contributed by atoms with van der Waals surface area (Å²) in [6.07, 6.45) is 4.06. The Labute approximate surface area is 154 Å². The fourth-order valence-corrected chi connectivity index (χ4v) is 3.26. The largest absolute Gasteiger partial charge is 0.486 e. The van der Waals surface area contributed by atoms with Crippen molar-refractivity contribution in [2.24, 2.45) is 0 Å². The maximum Gasteiger partial charge on any atom is 0.261 e. The van der Waals surface area contributed by atoms with Gasteiger partial charge in [-0.3, -0.25) is 4.79 Å². The molecule has 136 valence electrons. The summed E-state index contributed by atoms with van der Waals surface area (Å²) in [6.45, 7) is 3.50. The Balaban J connectivity index is 1.57. The van der Waals surface area contributed by atoms with Crippen LogP contribution >= 0.6 is 0 Å². The number of fused-ring (bicyclic) bond motifs is 4. The van der Waals surface area contributed by atoms with E-state index in [0.29, 0.717) is 54.4 Å². The number of nitrogens with zero attached hydrogens (tertiary/aromatic N) is 5. The highest BCUT2D eigenvalue weighted by Crippen LogP contribution is 2.30. The third kappa shape index (κ3) is 2.61. The lowest BCUT2D eigenvalue weighted by Crippen LogP contribution is -2.21. The Bertz CT molecular complexity index is 1230. The van der Waals surface area contributed by atoms with Gasteiger partial charge in [-0.1, -0.05) is 13.0 Å². The van der Waals surface area contributed by atoms with Crippen LogP contribution in [0.2, 0.25) is 0 Å². The molecule has 0 fully saturated rings. The Morgan fingerprint density at radius 2 is 2.00 bits per heavy atom. The average molecular weight is 363 g/mol. The normalized spacial score (nSPS) is 13.4. The number of benzene rings is 1. The molecule has 27 heavy (non-hydrogen) atoms. The molecule has 1 aliphatic heterocycles. The van der Waals surface area contributed by atoms with Crippen molar-refractivity contribution < 1.29 is 9.47 Å². The average Bonchev–Trinajstić information content (AvgIpc) is 3.14. The number of rotatable bonds is 3. The lowest BCUT2D eigenvalue weighted by Gasteiger charge is -2.19. The Morgan fingerprint density at radius 3 is 2.85 bits per heavy atom. The van der Waals surface area contributed by atoms with Crippen LogP contribution in [0.5, 0.6) is 11.5 Å². The van der Waals surface area contributed by atoms with E-state index in [-0.39, 0.29) is 5.56 Å². The SMILES string of the molecule is CCc1nc2ncc3c(=O)n(Cc4ccc5c(c4)OCCO5)ccc3n2n1. The molecular weight excluding hydrogens is 346 g/mol. The van der Waals surface area contributed by atoms with Gasteiger partial charge in [0.05, 0.1) is 17.4 Å². The second-order valence-corrected chi connectivity index (χ2v) is 6.38. The van der Waals surface area contributed by atoms with E-state index in [1.54, 1.807) is 21.5 Å². The Hall–Kier alpha value is -3.42. The van der Waals surface area contributed by atoms with E-state index in [0.717, 1.165) is 11.3 Å². The highest BCUT2D eigenvalue weighted by molar-refractivity contribution is 5.78. The summed E-state index contributed by atoms with van der Waals surface area (Å²) in [5.74, 6) is 2.66. The van der Waals surface area contributed by atoms with Crippen molar-refractivity contribution in [2.45, 2.75) is 19.9 Å². The molecule has 5 rings (SSSR count). The summed E-state index contributed by atoms with van der Waals surface area (Å²) in [6, 6.07) is 7.61. The second-order valence-electron chi connectivity index (χ2n) is 6.38. The first-order chi connectivity index (χ1) is 13.2. The quantitative estimate of drug-likeness (QED) is 0.552. The molecule has 3 aromatic heterocycles. The van der Waals surface area contributed by atoms with Crippen molar-refractivity contribution in [3.05, 3.63) is 58.4 Å². The van der Waals surface area contributed by atoms with Crippen LogP contribution in [0.15, 0.2) is 41.5 Å². The third-order valence-corrected chi connectivity index (χ3v) is 4.63. The first kappa shape index (κ1) is 15.8. The molecule has 0 amide bonds. The number of hydrogen-bond acceptors (Lipinski definition) is 6. The molecule has 1 aliphatic rings. The van der Waals surface area contributed by atoms with Crippen LogP contribution < -0.4 is 15.0 Å². The van der Waals surface area contributed by atoms with E-state index < -0.39 is 0 Å². The van der Waals surface area contributed by atoms with Crippen molar-refractivity contribution in [1.82, 2.24) is 24.1 Å². The van der Waals surface area contributed by atoms with E-state index in [4.69, 9.17) is 9.47 Å². The molecule has 0 radical (unpaired) electrons. The second kappa shape index (κ2) is 6.08. The molecule has 0 N–H and O–H groups in total. The van der Waals surface area contributed by atoms with Crippen LogP contribution in [0.25, 0.3) is 16.7 Å². The van der Waals surface area contributed by atoms with E-state index in [2.05, 4.69) is 15.1 Å². The molecule has 0 unspecified atom stereocenters. The molecule has 4 aromatic rings. The van der Waals surface area contributed by atoms with Crippen molar-refractivity contribution in [2.75, 3.05) is 13.2 Å². The van der Waals surface area contributed by atoms with E-state index in [9.17, 15) is 4.79 Å². The summed E-state index contributed by atoms with van der Waals surface area (Å²) in [7, 11) is 0. The fourth-order valence-electron chi connectivity index (χ4n) is 3.26. The third-order valence-electron chi connectivity index (χ3n) is 4.63. The summed E-state index contributed by atoms with van der Waals surface area (Å²) in [4.78, 5) is 21.6. The summed E-state index contributed by atoms with van der Waals surface area (Å²) in [5.41, 5.74) is 1.55. The maximum absolute atomic E-state index is 12.9. The van der Waals surface area contributed by atoms with Gasteiger partial charge in [-0.15, -0.1) is 5.10 Å². The van der Waals surface area contributed by atoms with Gasteiger partial charge in [-0.25, -0.2) is 4.98 Å². The fraction of sp³-hybridized carbons (Fsp3) is 0.263. The molecule has 0 spiro atoms. The number of hydrogen-bond donors (Lipinski definition) is 0. The molecule has 0 saturated heterocycles. The molecule has 0 aliphatic carbocycles. The highest BCUT2D eigenvalue weighted by atomic mass is 16.6. The van der Waals surface area contributed by atoms with Gasteiger partial charge < -0.3 is 14.0 Å². The minimum Gasteiger partial charge on any atom is -0.486 e. The van der Waals surface area contributed by atoms with Gasteiger partial charge in [0.2, 0.25) is 0 Å². The first-order valence-electron chi connectivity index (χ1n) is 8.85. The lowest BCUT2D eigenvalue weighted by molar-refractivity contribution is 0.171. The smallest absolute Gasteiger partial charge is 0.261 e. The van der Waals surface area contributed by atoms with Gasteiger partial charge in [0.25, 0.3) is 11.3 Å². The predicted octanol–water partition coefficient (Wildman–Crippen LogP) is 1.82. The standard InChI is InChI=1S/C19H17N5O3/c1-2-17-21-19-20-10-13-14(24(19)22-17)5-6-23(18(13)25)11-12-3-4-15-16(9-12)27-8-7-26-15/h3-6,9-10H,2,7-8,11H2,1H3. The van der Waals surface area contributed by atoms with E-state index in [1.807, 2.05) is 31.2 Å². The minimum absolute atomic E-state index is 0.120. The topological polar surface area (TPSA) is 83.5 Å². The van der Waals surface area contributed by atoms with Crippen LogP contribution in [0.4, 0.5) is 0 Å². The monoisotopic (exact) mass is 363 g/mol. The number of pyridine rings is 1. The van der Waals surface area contributed by atoms with Crippen LogP contribution in [-0.4, -0.2) is 37.4 Å². The van der Waals surface area contributed by atoms with E-state index in [1.165, 1.54) is 0 Å². The number of ether oxygens (including phenoxy) is 2. The minimum atomic E-state index is -0.120. The van der Waals surface area contributed by atoms with Gasteiger partial charge in [0.1, 0.15) is 13.2 Å². The molecule has 8 heteroatoms. The number of aryl methyl sites for hydroxylation is 1. The van der Waals surface area contributed by atoms with E-state index >= 15 is 0 Å².